The molecule has 3 rings (SSSR count). The van der Waals surface area contributed by atoms with Crippen LogP contribution >= 0.6 is 0 Å². The second-order valence-electron chi connectivity index (χ2n) is 4.74. The van der Waals surface area contributed by atoms with E-state index in [2.05, 4.69) is 18.2 Å². The van der Waals surface area contributed by atoms with E-state index in [1.54, 1.807) is 0 Å². The van der Waals surface area contributed by atoms with E-state index >= 15 is 0 Å². The van der Waals surface area contributed by atoms with Gasteiger partial charge in [0.1, 0.15) is 5.75 Å². The lowest BCUT2D eigenvalue weighted by Crippen LogP contribution is -2.03. The SMILES string of the molecule is NCC1CC1Cc1ccc2c(c1)CCO2. The van der Waals surface area contributed by atoms with Crippen molar-refractivity contribution in [2.24, 2.45) is 17.6 Å². The maximum absolute atomic E-state index is 5.65. The van der Waals surface area contributed by atoms with E-state index in [1.807, 2.05) is 0 Å². The number of hydrogen-bond acceptors (Lipinski definition) is 2. The molecule has 2 unspecified atom stereocenters. The zero-order chi connectivity index (χ0) is 10.3. The molecule has 2 atom stereocenters. The van der Waals surface area contributed by atoms with Crippen LogP contribution in [0.3, 0.4) is 0 Å². The summed E-state index contributed by atoms with van der Waals surface area (Å²) in [6.07, 6.45) is 3.60. The third-order valence-electron chi connectivity index (χ3n) is 3.62. The molecule has 1 aliphatic heterocycles. The van der Waals surface area contributed by atoms with Gasteiger partial charge in [-0.25, -0.2) is 0 Å². The van der Waals surface area contributed by atoms with Crippen molar-refractivity contribution < 1.29 is 4.74 Å². The second-order valence-corrected chi connectivity index (χ2v) is 4.74. The Balaban J connectivity index is 1.71. The van der Waals surface area contributed by atoms with Crippen molar-refractivity contribution in [1.82, 2.24) is 0 Å². The van der Waals surface area contributed by atoms with E-state index in [-0.39, 0.29) is 0 Å². The largest absolute Gasteiger partial charge is 0.493 e. The summed E-state index contributed by atoms with van der Waals surface area (Å²) in [6, 6.07) is 6.64. The van der Waals surface area contributed by atoms with Crippen LogP contribution in [0.5, 0.6) is 5.75 Å². The summed E-state index contributed by atoms with van der Waals surface area (Å²) in [4.78, 5) is 0. The first-order valence-corrected chi connectivity index (χ1v) is 5.81. The molecule has 1 aromatic rings. The lowest BCUT2D eigenvalue weighted by Gasteiger charge is -2.03. The van der Waals surface area contributed by atoms with Crippen LogP contribution in [0, 0.1) is 11.8 Å². The monoisotopic (exact) mass is 203 g/mol. The lowest BCUT2D eigenvalue weighted by atomic mass is 10.0. The summed E-state index contributed by atoms with van der Waals surface area (Å²) < 4.78 is 5.50. The number of fused-ring (bicyclic) bond motifs is 1. The Hall–Kier alpha value is -1.02. The van der Waals surface area contributed by atoms with Crippen molar-refractivity contribution in [3.05, 3.63) is 29.3 Å². The predicted molar refractivity (Wildman–Crippen MR) is 60.0 cm³/mol. The van der Waals surface area contributed by atoms with Crippen LogP contribution in [0.4, 0.5) is 0 Å². The number of hydrogen-bond donors (Lipinski definition) is 1. The van der Waals surface area contributed by atoms with E-state index < -0.39 is 0 Å². The van der Waals surface area contributed by atoms with Crippen LogP contribution in [0.1, 0.15) is 17.5 Å². The third-order valence-corrected chi connectivity index (χ3v) is 3.62. The Labute approximate surface area is 90.4 Å². The van der Waals surface area contributed by atoms with Crippen LogP contribution in [0.15, 0.2) is 18.2 Å². The molecule has 0 radical (unpaired) electrons. The first kappa shape index (κ1) is 9.22. The fourth-order valence-corrected chi connectivity index (χ4v) is 2.52. The van der Waals surface area contributed by atoms with Crippen LogP contribution in [-0.2, 0) is 12.8 Å². The van der Waals surface area contributed by atoms with Gasteiger partial charge >= 0.3 is 0 Å². The van der Waals surface area contributed by atoms with Crippen molar-refractivity contribution in [2.75, 3.05) is 13.2 Å². The van der Waals surface area contributed by atoms with Gasteiger partial charge in [0.2, 0.25) is 0 Å². The van der Waals surface area contributed by atoms with Gasteiger partial charge in [0.15, 0.2) is 0 Å². The molecule has 1 aliphatic carbocycles. The first-order valence-electron chi connectivity index (χ1n) is 5.81. The second kappa shape index (κ2) is 3.53. The number of nitrogens with two attached hydrogens (primary N) is 1. The van der Waals surface area contributed by atoms with Crippen molar-refractivity contribution in [1.29, 1.82) is 0 Å². The van der Waals surface area contributed by atoms with Crippen LogP contribution < -0.4 is 10.5 Å². The molecule has 0 bridgehead atoms. The van der Waals surface area contributed by atoms with E-state index in [0.717, 1.165) is 37.2 Å². The summed E-state index contributed by atoms with van der Waals surface area (Å²) in [6.45, 7) is 1.71. The number of ether oxygens (including phenoxy) is 1. The fraction of sp³-hybridized carbons (Fsp3) is 0.538. The molecule has 2 heteroatoms. The first-order chi connectivity index (χ1) is 7.36. The smallest absolute Gasteiger partial charge is 0.122 e. The molecular formula is C13H17NO. The zero-order valence-corrected chi connectivity index (χ0v) is 8.91. The zero-order valence-electron chi connectivity index (χ0n) is 8.91. The standard InChI is InChI=1S/C13H17NO/c14-8-12-7-11(12)6-9-1-2-13-10(5-9)3-4-15-13/h1-2,5,11-12H,3-4,6-8,14H2. The molecule has 2 aliphatic rings. The van der Waals surface area contributed by atoms with Crippen LogP contribution in [0.25, 0.3) is 0 Å². The molecule has 0 spiro atoms. The highest BCUT2D eigenvalue weighted by atomic mass is 16.5. The normalized spacial score (nSPS) is 27.3. The number of rotatable bonds is 3. The molecular weight excluding hydrogens is 186 g/mol. The van der Waals surface area contributed by atoms with Gasteiger partial charge in [0, 0.05) is 6.42 Å². The van der Waals surface area contributed by atoms with E-state index in [4.69, 9.17) is 10.5 Å². The molecule has 15 heavy (non-hydrogen) atoms. The highest BCUT2D eigenvalue weighted by Crippen LogP contribution is 2.40. The summed E-state index contributed by atoms with van der Waals surface area (Å²) in [5.41, 5.74) is 8.49. The van der Waals surface area contributed by atoms with E-state index in [1.165, 1.54) is 24.0 Å². The van der Waals surface area contributed by atoms with Gasteiger partial charge in [-0.1, -0.05) is 12.1 Å². The molecule has 1 heterocycles. The number of benzene rings is 1. The minimum Gasteiger partial charge on any atom is -0.493 e. The van der Waals surface area contributed by atoms with E-state index in [9.17, 15) is 0 Å². The van der Waals surface area contributed by atoms with Gasteiger partial charge < -0.3 is 10.5 Å². The average Bonchev–Trinajstić information content (AvgIpc) is 2.84. The fourth-order valence-electron chi connectivity index (χ4n) is 2.52. The van der Waals surface area contributed by atoms with Gasteiger partial charge in [-0.2, -0.15) is 0 Å². The van der Waals surface area contributed by atoms with Gasteiger partial charge in [0.05, 0.1) is 6.61 Å². The Morgan fingerprint density at radius 2 is 2.27 bits per heavy atom. The third kappa shape index (κ3) is 1.74. The topological polar surface area (TPSA) is 35.2 Å². The summed E-state index contributed by atoms with van der Waals surface area (Å²) >= 11 is 0. The summed E-state index contributed by atoms with van der Waals surface area (Å²) in [5, 5.41) is 0. The predicted octanol–water partition coefficient (Wildman–Crippen LogP) is 1.76. The Morgan fingerprint density at radius 1 is 1.33 bits per heavy atom. The highest BCUT2D eigenvalue weighted by Gasteiger charge is 2.35. The van der Waals surface area contributed by atoms with Crippen molar-refractivity contribution in [3.63, 3.8) is 0 Å². The summed E-state index contributed by atoms with van der Waals surface area (Å²) in [5.74, 6) is 2.72. The lowest BCUT2D eigenvalue weighted by molar-refractivity contribution is 0.357. The maximum Gasteiger partial charge on any atom is 0.122 e. The van der Waals surface area contributed by atoms with Gasteiger partial charge in [-0.3, -0.25) is 0 Å². The van der Waals surface area contributed by atoms with Gasteiger partial charge in [-0.15, -0.1) is 0 Å². The molecule has 2 nitrogen and oxygen atoms in total. The Morgan fingerprint density at radius 3 is 3.07 bits per heavy atom. The van der Waals surface area contributed by atoms with Gasteiger partial charge in [0.25, 0.3) is 0 Å². The highest BCUT2D eigenvalue weighted by molar-refractivity contribution is 5.40. The van der Waals surface area contributed by atoms with Crippen molar-refractivity contribution >= 4 is 0 Å². The van der Waals surface area contributed by atoms with Crippen LogP contribution in [-0.4, -0.2) is 13.2 Å². The van der Waals surface area contributed by atoms with Crippen molar-refractivity contribution in [2.45, 2.75) is 19.3 Å². The van der Waals surface area contributed by atoms with E-state index in [0.29, 0.717) is 0 Å². The molecule has 80 valence electrons. The minimum absolute atomic E-state index is 0.787. The van der Waals surface area contributed by atoms with Gasteiger partial charge in [-0.05, 0) is 48.4 Å². The van der Waals surface area contributed by atoms with Crippen molar-refractivity contribution in [3.8, 4) is 5.75 Å². The molecule has 1 fully saturated rings. The molecule has 0 amide bonds. The van der Waals surface area contributed by atoms with Crippen LogP contribution in [0.2, 0.25) is 0 Å². The molecule has 0 aromatic heterocycles. The maximum atomic E-state index is 5.65. The minimum atomic E-state index is 0.787. The Kier molecular flexibility index (Phi) is 2.17. The molecule has 0 saturated heterocycles. The summed E-state index contributed by atoms with van der Waals surface area (Å²) in [7, 11) is 0. The Bertz CT molecular complexity index is 375. The molecule has 2 N–H and O–H groups in total. The quantitative estimate of drug-likeness (QED) is 0.812. The molecule has 1 aromatic carbocycles. The average molecular weight is 203 g/mol. The molecule has 1 saturated carbocycles.